The Morgan fingerprint density at radius 3 is 2.44 bits per heavy atom. The van der Waals surface area contributed by atoms with Crippen molar-refractivity contribution in [1.29, 1.82) is 0 Å². The van der Waals surface area contributed by atoms with Gasteiger partial charge in [-0.1, -0.05) is 18.2 Å². The van der Waals surface area contributed by atoms with Crippen LogP contribution in [0.1, 0.15) is 12.0 Å². The van der Waals surface area contributed by atoms with Gasteiger partial charge in [0.15, 0.2) is 0 Å². The Hall–Kier alpha value is -2.90. The van der Waals surface area contributed by atoms with Gasteiger partial charge in [0.25, 0.3) is 0 Å². The number of nitrogens with one attached hydrogen (secondary N) is 1. The fourth-order valence-corrected chi connectivity index (χ4v) is 3.03. The van der Waals surface area contributed by atoms with E-state index in [-0.39, 0.29) is 12.2 Å². The van der Waals surface area contributed by atoms with Crippen molar-refractivity contribution in [3.05, 3.63) is 58.5 Å². The normalized spacial score (nSPS) is 11.7. The van der Waals surface area contributed by atoms with Gasteiger partial charge in [-0.2, -0.15) is 13.2 Å². The summed E-state index contributed by atoms with van der Waals surface area (Å²) in [7, 11) is 3.20. The number of rotatable bonds is 6. The summed E-state index contributed by atoms with van der Waals surface area (Å²) in [5.41, 5.74) is 2.44. The van der Waals surface area contributed by atoms with Crippen LogP contribution in [0.15, 0.2) is 47.3 Å². The Morgan fingerprint density at radius 1 is 1.11 bits per heavy atom. The second-order valence-corrected chi connectivity index (χ2v) is 6.24. The zero-order valence-electron chi connectivity index (χ0n) is 15.0. The Balaban J connectivity index is 1.93. The van der Waals surface area contributed by atoms with Crippen LogP contribution in [-0.4, -0.2) is 29.0 Å². The van der Waals surface area contributed by atoms with E-state index >= 15 is 0 Å². The molecule has 2 aromatic carbocycles. The van der Waals surface area contributed by atoms with Gasteiger partial charge in [-0.25, -0.2) is 4.79 Å². The molecule has 3 aromatic rings. The van der Waals surface area contributed by atoms with Crippen molar-refractivity contribution in [2.24, 2.45) is 7.05 Å². The molecule has 0 radical (unpaired) electrons. The molecular formula is C19H20F3N3O2. The lowest BCUT2D eigenvalue weighted by Crippen LogP contribution is -2.22. The number of aromatic nitrogens is 2. The highest BCUT2D eigenvalue weighted by atomic mass is 19.4. The van der Waals surface area contributed by atoms with Crippen molar-refractivity contribution in [2.45, 2.75) is 19.1 Å². The number of aryl methyl sites for hydroxylation is 1. The summed E-state index contributed by atoms with van der Waals surface area (Å²) >= 11 is 0. The molecule has 0 unspecified atom stereocenters. The average Bonchev–Trinajstić information content (AvgIpc) is 2.87. The topological polar surface area (TPSA) is 48.2 Å². The number of hydrogen-bond donors (Lipinski definition) is 1. The molecule has 0 saturated heterocycles. The van der Waals surface area contributed by atoms with Gasteiger partial charge in [-0.05, 0) is 29.8 Å². The molecule has 0 spiro atoms. The molecule has 0 bridgehead atoms. The van der Waals surface area contributed by atoms with Crippen LogP contribution in [0.2, 0.25) is 0 Å². The number of imidazole rings is 1. The van der Waals surface area contributed by atoms with Crippen LogP contribution in [0.4, 0.5) is 18.9 Å². The molecule has 8 heteroatoms. The molecule has 0 saturated carbocycles. The lowest BCUT2D eigenvalue weighted by Gasteiger charge is -2.11. The molecule has 5 nitrogen and oxygen atoms in total. The van der Waals surface area contributed by atoms with Crippen molar-refractivity contribution >= 4 is 16.7 Å². The zero-order chi connectivity index (χ0) is 19.6. The summed E-state index contributed by atoms with van der Waals surface area (Å²) in [5, 5.41) is 2.79. The van der Waals surface area contributed by atoms with E-state index in [9.17, 15) is 18.0 Å². The molecule has 1 aromatic heterocycles. The molecule has 27 heavy (non-hydrogen) atoms. The number of nitrogens with zero attached hydrogens (tertiary/aromatic N) is 2. The minimum absolute atomic E-state index is 0.231. The van der Waals surface area contributed by atoms with Gasteiger partial charge < -0.3 is 10.1 Å². The average molecular weight is 379 g/mol. The number of ether oxygens (including phenoxy) is 1. The SMILES string of the molecule is COc1ccc(Cn2c(=O)n(C)c3c(NCCC(F)(F)F)cccc32)cc1. The van der Waals surface area contributed by atoms with Crippen LogP contribution >= 0.6 is 0 Å². The second-order valence-electron chi connectivity index (χ2n) is 6.24. The molecule has 0 aliphatic carbocycles. The Morgan fingerprint density at radius 2 is 1.81 bits per heavy atom. The Kier molecular flexibility index (Phi) is 5.16. The second kappa shape index (κ2) is 7.38. The van der Waals surface area contributed by atoms with Gasteiger partial charge in [0.2, 0.25) is 0 Å². The summed E-state index contributed by atoms with van der Waals surface area (Å²) in [6.45, 7) is 0.104. The van der Waals surface area contributed by atoms with Crippen molar-refractivity contribution in [1.82, 2.24) is 9.13 Å². The van der Waals surface area contributed by atoms with Crippen LogP contribution in [0, 0.1) is 0 Å². The van der Waals surface area contributed by atoms with Gasteiger partial charge in [0.1, 0.15) is 5.75 Å². The molecule has 0 amide bonds. The summed E-state index contributed by atoms with van der Waals surface area (Å²) in [6, 6.07) is 12.6. The third-order valence-electron chi connectivity index (χ3n) is 4.38. The molecule has 0 aliphatic rings. The standard InChI is InChI=1S/C19H20F3N3O2/c1-24-17-15(23-11-10-19(20,21)22)4-3-5-16(17)25(18(24)26)12-13-6-8-14(27-2)9-7-13/h3-9,23H,10-12H2,1-2H3. The number of anilines is 1. The first kappa shape index (κ1) is 18.9. The molecule has 0 atom stereocenters. The first-order valence-electron chi connectivity index (χ1n) is 8.42. The molecule has 0 fully saturated rings. The van der Waals surface area contributed by atoms with Gasteiger partial charge in [-0.3, -0.25) is 9.13 Å². The largest absolute Gasteiger partial charge is 0.497 e. The van der Waals surface area contributed by atoms with Crippen LogP contribution in [0.3, 0.4) is 0 Å². The van der Waals surface area contributed by atoms with Crippen molar-refractivity contribution < 1.29 is 17.9 Å². The van der Waals surface area contributed by atoms with Gasteiger partial charge in [0.05, 0.1) is 36.8 Å². The molecule has 144 valence electrons. The van der Waals surface area contributed by atoms with Gasteiger partial charge >= 0.3 is 11.9 Å². The predicted octanol–water partition coefficient (Wildman–Crippen LogP) is 3.76. The van der Waals surface area contributed by atoms with E-state index in [1.165, 1.54) is 4.57 Å². The number of benzene rings is 2. The van der Waals surface area contributed by atoms with E-state index in [1.54, 1.807) is 36.9 Å². The van der Waals surface area contributed by atoms with Gasteiger partial charge in [-0.15, -0.1) is 0 Å². The van der Waals surface area contributed by atoms with Crippen LogP contribution in [-0.2, 0) is 13.6 Å². The van der Waals surface area contributed by atoms with E-state index in [0.29, 0.717) is 23.3 Å². The van der Waals surface area contributed by atoms with E-state index in [0.717, 1.165) is 11.3 Å². The van der Waals surface area contributed by atoms with Crippen LogP contribution in [0.25, 0.3) is 11.0 Å². The third kappa shape index (κ3) is 4.10. The highest BCUT2D eigenvalue weighted by molar-refractivity contribution is 5.89. The molecule has 0 aliphatic heterocycles. The zero-order valence-corrected chi connectivity index (χ0v) is 15.0. The summed E-state index contributed by atoms with van der Waals surface area (Å²) in [4.78, 5) is 12.7. The number of fused-ring (bicyclic) bond motifs is 1. The number of methoxy groups -OCH3 is 1. The summed E-state index contributed by atoms with van der Waals surface area (Å²) < 4.78 is 45.4. The third-order valence-corrected chi connectivity index (χ3v) is 4.38. The van der Waals surface area contributed by atoms with Crippen LogP contribution < -0.4 is 15.7 Å². The maximum absolute atomic E-state index is 12.7. The number of halogens is 3. The van der Waals surface area contributed by atoms with E-state index in [4.69, 9.17) is 4.74 Å². The first-order chi connectivity index (χ1) is 12.8. The lowest BCUT2D eigenvalue weighted by molar-refractivity contribution is -0.131. The van der Waals surface area contributed by atoms with Crippen molar-refractivity contribution in [2.75, 3.05) is 19.0 Å². The fourth-order valence-electron chi connectivity index (χ4n) is 3.03. The highest BCUT2D eigenvalue weighted by Crippen LogP contribution is 2.25. The summed E-state index contributed by atoms with van der Waals surface area (Å²) in [5.74, 6) is 0.722. The monoisotopic (exact) mass is 379 g/mol. The molecule has 1 heterocycles. The number of alkyl halides is 3. The van der Waals surface area contributed by atoms with Gasteiger partial charge in [0, 0.05) is 13.6 Å². The van der Waals surface area contributed by atoms with Crippen molar-refractivity contribution in [3.63, 3.8) is 0 Å². The Bertz CT molecular complexity index is 988. The molecule has 1 N–H and O–H groups in total. The minimum Gasteiger partial charge on any atom is -0.497 e. The van der Waals surface area contributed by atoms with Crippen LogP contribution in [0.5, 0.6) is 5.75 Å². The first-order valence-corrected chi connectivity index (χ1v) is 8.42. The Labute approximate surface area is 154 Å². The maximum Gasteiger partial charge on any atom is 0.390 e. The molecular weight excluding hydrogens is 359 g/mol. The van der Waals surface area contributed by atoms with E-state index < -0.39 is 12.6 Å². The number of para-hydroxylation sites is 1. The van der Waals surface area contributed by atoms with E-state index in [2.05, 4.69) is 5.32 Å². The van der Waals surface area contributed by atoms with E-state index in [1.807, 2.05) is 24.3 Å². The minimum atomic E-state index is -4.23. The summed E-state index contributed by atoms with van der Waals surface area (Å²) in [6.07, 6.45) is -5.17. The fraction of sp³-hybridized carbons (Fsp3) is 0.316. The number of hydrogen-bond acceptors (Lipinski definition) is 3. The predicted molar refractivity (Wildman–Crippen MR) is 98.4 cm³/mol. The molecule has 3 rings (SSSR count). The maximum atomic E-state index is 12.7. The smallest absolute Gasteiger partial charge is 0.390 e. The van der Waals surface area contributed by atoms with Crippen molar-refractivity contribution in [3.8, 4) is 5.75 Å². The highest BCUT2D eigenvalue weighted by Gasteiger charge is 2.26. The lowest BCUT2D eigenvalue weighted by atomic mass is 10.2. The quantitative estimate of drug-likeness (QED) is 0.710.